The van der Waals surface area contributed by atoms with E-state index in [1.165, 1.54) is 12.0 Å². The number of carbonyl (C=O) groups is 1. The van der Waals surface area contributed by atoms with Crippen LogP contribution in [-0.4, -0.2) is 23.3 Å². The molecular weight excluding hydrogens is 228 g/mol. The smallest absolute Gasteiger partial charge is 0.334 e. The fourth-order valence-electron chi connectivity index (χ4n) is 4.99. The molecule has 0 aromatic rings. The largest absolute Gasteiger partial charge is 0.458 e. The molecule has 18 heavy (non-hydrogen) atoms. The highest BCUT2D eigenvalue weighted by Crippen LogP contribution is 2.72. The van der Waals surface area contributed by atoms with Gasteiger partial charge in [0.05, 0.1) is 12.0 Å². The molecule has 96 valence electrons. The van der Waals surface area contributed by atoms with Gasteiger partial charge in [-0.05, 0) is 30.1 Å². The van der Waals surface area contributed by atoms with E-state index in [0.717, 1.165) is 6.42 Å². The molecule has 0 aromatic carbocycles. The number of carbonyl (C=O) groups excluding carboxylic acids is 1. The second-order valence-corrected chi connectivity index (χ2v) is 6.70. The first kappa shape index (κ1) is 10.8. The van der Waals surface area contributed by atoms with Crippen LogP contribution in [0.2, 0.25) is 0 Å². The Balaban J connectivity index is 1.77. The van der Waals surface area contributed by atoms with Gasteiger partial charge in [0.2, 0.25) is 0 Å². The predicted octanol–water partition coefficient (Wildman–Crippen LogP) is 1.68. The molecular formula is C15H18O3. The first-order valence-electron chi connectivity index (χ1n) is 6.71. The summed E-state index contributed by atoms with van der Waals surface area (Å²) in [7, 11) is 0. The summed E-state index contributed by atoms with van der Waals surface area (Å²) < 4.78 is 5.40. The van der Waals surface area contributed by atoms with E-state index in [2.05, 4.69) is 20.1 Å². The predicted molar refractivity (Wildman–Crippen MR) is 65.5 cm³/mol. The van der Waals surface area contributed by atoms with Crippen LogP contribution in [0, 0.1) is 29.1 Å². The van der Waals surface area contributed by atoms with Crippen molar-refractivity contribution in [1.29, 1.82) is 0 Å². The Morgan fingerprint density at radius 2 is 2.17 bits per heavy atom. The van der Waals surface area contributed by atoms with E-state index < -0.39 is 6.10 Å². The molecule has 3 nitrogen and oxygen atoms in total. The second kappa shape index (κ2) is 2.90. The minimum absolute atomic E-state index is 0.0627. The summed E-state index contributed by atoms with van der Waals surface area (Å²) in [6.07, 6.45) is 1.33. The molecule has 0 unspecified atom stereocenters. The van der Waals surface area contributed by atoms with Gasteiger partial charge in [-0.15, -0.1) is 0 Å². The Morgan fingerprint density at radius 3 is 2.89 bits per heavy atom. The Labute approximate surface area is 107 Å². The zero-order valence-corrected chi connectivity index (χ0v) is 10.6. The zero-order valence-electron chi connectivity index (χ0n) is 10.6. The highest BCUT2D eigenvalue weighted by Gasteiger charge is 2.69. The molecule has 7 atom stereocenters. The van der Waals surface area contributed by atoms with Crippen LogP contribution in [0.25, 0.3) is 0 Å². The average Bonchev–Trinajstić information content (AvgIpc) is 2.98. The maximum atomic E-state index is 11.6. The van der Waals surface area contributed by atoms with Gasteiger partial charge in [0, 0.05) is 11.5 Å². The van der Waals surface area contributed by atoms with Crippen molar-refractivity contribution in [3.8, 4) is 0 Å². The van der Waals surface area contributed by atoms with Gasteiger partial charge in [0.15, 0.2) is 0 Å². The van der Waals surface area contributed by atoms with Gasteiger partial charge < -0.3 is 9.84 Å². The van der Waals surface area contributed by atoms with Crippen LogP contribution in [0.1, 0.15) is 19.8 Å². The molecule has 0 radical (unpaired) electrons. The third-order valence-corrected chi connectivity index (χ3v) is 5.90. The highest BCUT2D eigenvalue weighted by atomic mass is 16.6. The normalized spacial score (nSPS) is 56.9. The molecule has 4 aliphatic rings. The minimum Gasteiger partial charge on any atom is -0.458 e. The molecule has 0 aromatic heterocycles. The van der Waals surface area contributed by atoms with Crippen LogP contribution in [0.3, 0.4) is 0 Å². The Bertz CT molecular complexity index is 494. The number of esters is 1. The highest BCUT2D eigenvalue weighted by molar-refractivity contribution is 5.91. The number of hydrogen-bond acceptors (Lipinski definition) is 3. The third-order valence-electron chi connectivity index (χ3n) is 5.90. The van der Waals surface area contributed by atoms with Crippen LogP contribution < -0.4 is 0 Å². The number of aliphatic hydroxyl groups is 1. The molecule has 1 aliphatic heterocycles. The lowest BCUT2D eigenvalue weighted by Gasteiger charge is -2.46. The zero-order chi connectivity index (χ0) is 12.8. The second-order valence-electron chi connectivity index (χ2n) is 6.70. The Hall–Kier alpha value is -1.09. The number of fused-ring (bicyclic) bond motifs is 4. The van der Waals surface area contributed by atoms with Gasteiger partial charge in [-0.3, -0.25) is 0 Å². The minimum atomic E-state index is -0.548. The number of aliphatic hydroxyl groups excluding tert-OH is 1. The van der Waals surface area contributed by atoms with E-state index in [1.54, 1.807) is 0 Å². The van der Waals surface area contributed by atoms with Crippen LogP contribution in [0.4, 0.5) is 0 Å². The Kier molecular flexibility index (Phi) is 1.74. The SMILES string of the molecule is C=C1C(=O)O[C@@H]2C[C@]3(C)[C@H]4C[C@@H]4C(=C)[C@H]3[C@H](O)[C@H]12. The topological polar surface area (TPSA) is 46.5 Å². The van der Waals surface area contributed by atoms with Crippen molar-refractivity contribution in [3.63, 3.8) is 0 Å². The summed E-state index contributed by atoms with van der Waals surface area (Å²) in [6, 6.07) is 0. The van der Waals surface area contributed by atoms with Gasteiger partial charge in [0.25, 0.3) is 0 Å². The Morgan fingerprint density at radius 1 is 1.44 bits per heavy atom. The quantitative estimate of drug-likeness (QED) is 0.402. The summed E-state index contributed by atoms with van der Waals surface area (Å²) in [5.41, 5.74) is 1.70. The van der Waals surface area contributed by atoms with Gasteiger partial charge in [-0.2, -0.15) is 0 Å². The number of ether oxygens (including phenoxy) is 1. The molecule has 4 fully saturated rings. The van der Waals surface area contributed by atoms with Crippen molar-refractivity contribution in [3.05, 3.63) is 24.3 Å². The fourth-order valence-corrected chi connectivity index (χ4v) is 4.99. The van der Waals surface area contributed by atoms with Crippen molar-refractivity contribution in [2.24, 2.45) is 29.1 Å². The molecule has 3 heteroatoms. The van der Waals surface area contributed by atoms with Gasteiger partial charge in [-0.25, -0.2) is 4.79 Å². The van der Waals surface area contributed by atoms with Crippen molar-refractivity contribution in [2.45, 2.75) is 32.0 Å². The molecule has 3 aliphatic carbocycles. The summed E-state index contributed by atoms with van der Waals surface area (Å²) in [5, 5.41) is 10.7. The standard InChI is InChI=1S/C15H18O3/c1-6-8-4-9(8)15(3)5-10-11(13(16)12(6)15)7(2)14(17)18-10/h8-13,16H,1-2,4-5H2,3H3/t8-,9+,10-,11-,12+,13-,15-/m1/s1. The molecule has 0 amide bonds. The maximum absolute atomic E-state index is 11.6. The molecule has 1 saturated heterocycles. The lowest BCUT2D eigenvalue weighted by Crippen LogP contribution is -2.50. The van der Waals surface area contributed by atoms with E-state index in [-0.39, 0.29) is 29.3 Å². The van der Waals surface area contributed by atoms with Gasteiger partial charge >= 0.3 is 5.97 Å². The summed E-state index contributed by atoms with van der Waals surface area (Å²) in [6.45, 7) is 10.2. The molecule has 1 N–H and O–H groups in total. The van der Waals surface area contributed by atoms with Crippen LogP contribution in [-0.2, 0) is 9.53 Å². The van der Waals surface area contributed by atoms with Crippen LogP contribution in [0.5, 0.6) is 0 Å². The van der Waals surface area contributed by atoms with E-state index in [4.69, 9.17) is 4.74 Å². The molecule has 4 rings (SSSR count). The van der Waals surface area contributed by atoms with Crippen LogP contribution in [0.15, 0.2) is 24.3 Å². The first-order chi connectivity index (χ1) is 8.45. The molecule has 3 saturated carbocycles. The summed E-state index contributed by atoms with van der Waals surface area (Å²) in [5.74, 6) is 0.805. The molecule has 0 spiro atoms. The number of hydrogen-bond donors (Lipinski definition) is 1. The first-order valence-corrected chi connectivity index (χ1v) is 6.71. The summed E-state index contributed by atoms with van der Waals surface area (Å²) >= 11 is 0. The van der Waals surface area contributed by atoms with E-state index in [9.17, 15) is 9.90 Å². The summed E-state index contributed by atoms with van der Waals surface area (Å²) in [4.78, 5) is 11.6. The van der Waals surface area contributed by atoms with Crippen molar-refractivity contribution < 1.29 is 14.6 Å². The van der Waals surface area contributed by atoms with Crippen molar-refractivity contribution in [2.75, 3.05) is 0 Å². The van der Waals surface area contributed by atoms with Crippen molar-refractivity contribution >= 4 is 5.97 Å². The lowest BCUT2D eigenvalue weighted by atomic mass is 9.60. The van der Waals surface area contributed by atoms with Crippen molar-refractivity contribution in [1.82, 2.24) is 0 Å². The van der Waals surface area contributed by atoms with E-state index >= 15 is 0 Å². The van der Waals surface area contributed by atoms with Gasteiger partial charge in [0.1, 0.15) is 6.10 Å². The fraction of sp³-hybridized carbons (Fsp3) is 0.667. The van der Waals surface area contributed by atoms with E-state index in [1.807, 2.05) is 0 Å². The monoisotopic (exact) mass is 246 g/mol. The average molecular weight is 246 g/mol. The van der Waals surface area contributed by atoms with E-state index in [0.29, 0.717) is 17.4 Å². The number of rotatable bonds is 0. The lowest BCUT2D eigenvalue weighted by molar-refractivity contribution is -0.145. The van der Waals surface area contributed by atoms with Crippen LogP contribution >= 0.6 is 0 Å². The third kappa shape index (κ3) is 0.993. The maximum Gasteiger partial charge on any atom is 0.334 e. The van der Waals surface area contributed by atoms with Gasteiger partial charge in [-0.1, -0.05) is 25.7 Å². The molecule has 0 bridgehead atoms. The molecule has 1 heterocycles.